The van der Waals surface area contributed by atoms with E-state index in [0.717, 1.165) is 15.9 Å². The van der Waals surface area contributed by atoms with E-state index in [4.69, 9.17) is 9.47 Å². The third kappa shape index (κ3) is 3.82. The second-order valence-corrected chi connectivity index (χ2v) is 16.9. The minimum atomic E-state index is -3.34. The summed E-state index contributed by atoms with van der Waals surface area (Å²) < 4.78 is 10.9. The summed E-state index contributed by atoms with van der Waals surface area (Å²) in [6.07, 6.45) is 0.262. The first kappa shape index (κ1) is 21.7. The van der Waals surface area contributed by atoms with E-state index < -0.39 is 5.31 Å². The summed E-state index contributed by atoms with van der Waals surface area (Å²) in [5.74, 6) is 1.24. The standard InChI is InChI=1S/C27H23BrNO3P/c28-33(22-10-4-1-5-11-22,23-12-6-2-7-13-23,24-14-8-3-9-15-24)19-27(30)29-21-16-17-25-26(18-21)32-20-31-25/h1-18H,19-20H2,(H,29,30). The first-order chi connectivity index (χ1) is 16.1. The van der Waals surface area contributed by atoms with Gasteiger partial charge in [0, 0.05) is 0 Å². The van der Waals surface area contributed by atoms with E-state index in [1.54, 1.807) is 6.07 Å². The summed E-state index contributed by atoms with van der Waals surface area (Å²) in [5, 5.41) is 3.05. The van der Waals surface area contributed by atoms with E-state index in [-0.39, 0.29) is 18.9 Å². The van der Waals surface area contributed by atoms with Gasteiger partial charge >= 0.3 is 202 Å². The third-order valence-corrected chi connectivity index (χ3v) is 15.4. The average Bonchev–Trinajstić information content (AvgIpc) is 3.34. The van der Waals surface area contributed by atoms with Crippen LogP contribution in [0.1, 0.15) is 0 Å². The number of carbonyl (C=O) groups excluding carboxylic acids is 1. The SMILES string of the molecule is O=C(CP(Br)(c1ccccc1)(c1ccccc1)c1ccccc1)Nc1ccc2c(c1)OCO2. The summed E-state index contributed by atoms with van der Waals surface area (Å²) in [5.41, 5.74) is 0.677. The number of benzene rings is 4. The molecule has 6 heteroatoms. The summed E-state index contributed by atoms with van der Waals surface area (Å²) >= 11 is 4.31. The van der Waals surface area contributed by atoms with Crippen molar-refractivity contribution >= 4 is 48.3 Å². The Morgan fingerprint density at radius 1 is 0.727 bits per heavy atom. The number of nitrogens with one attached hydrogen (secondary N) is 1. The number of anilines is 1. The number of amides is 1. The van der Waals surface area contributed by atoms with Gasteiger partial charge in [0.1, 0.15) is 0 Å². The Kier molecular flexibility index (Phi) is 5.69. The molecule has 0 atom stereocenters. The van der Waals surface area contributed by atoms with Gasteiger partial charge in [-0.05, 0) is 0 Å². The molecule has 1 aliphatic heterocycles. The molecule has 1 amide bonds. The van der Waals surface area contributed by atoms with Gasteiger partial charge in [0.25, 0.3) is 0 Å². The average molecular weight is 520 g/mol. The van der Waals surface area contributed by atoms with Crippen molar-refractivity contribution in [2.24, 2.45) is 0 Å². The molecule has 33 heavy (non-hydrogen) atoms. The molecule has 4 nitrogen and oxygen atoms in total. The van der Waals surface area contributed by atoms with Crippen molar-refractivity contribution in [2.45, 2.75) is 0 Å². The van der Waals surface area contributed by atoms with Crippen molar-refractivity contribution in [3.63, 3.8) is 0 Å². The summed E-state index contributed by atoms with van der Waals surface area (Å²) in [7, 11) is 0. The van der Waals surface area contributed by atoms with Gasteiger partial charge in [0.15, 0.2) is 0 Å². The van der Waals surface area contributed by atoms with Crippen LogP contribution < -0.4 is 30.7 Å². The Morgan fingerprint density at radius 3 is 1.73 bits per heavy atom. The quantitative estimate of drug-likeness (QED) is 0.356. The second kappa shape index (κ2) is 8.66. The van der Waals surface area contributed by atoms with Gasteiger partial charge in [0.05, 0.1) is 0 Å². The van der Waals surface area contributed by atoms with Crippen LogP contribution in [0.4, 0.5) is 5.69 Å². The molecule has 1 heterocycles. The predicted octanol–water partition coefficient (Wildman–Crippen LogP) is 5.19. The van der Waals surface area contributed by atoms with E-state index in [1.165, 1.54) is 0 Å². The maximum absolute atomic E-state index is 13.7. The van der Waals surface area contributed by atoms with Crippen LogP contribution in [0.3, 0.4) is 0 Å². The molecule has 0 saturated carbocycles. The van der Waals surface area contributed by atoms with Gasteiger partial charge < -0.3 is 0 Å². The molecule has 0 aliphatic carbocycles. The summed E-state index contributed by atoms with van der Waals surface area (Å²) in [6.45, 7) is 0.195. The van der Waals surface area contributed by atoms with Crippen molar-refractivity contribution in [3.8, 4) is 11.5 Å². The van der Waals surface area contributed by atoms with Crippen LogP contribution in [-0.2, 0) is 4.79 Å². The Morgan fingerprint density at radius 2 is 1.21 bits per heavy atom. The van der Waals surface area contributed by atoms with Gasteiger partial charge in [0.2, 0.25) is 0 Å². The number of hydrogen-bond donors (Lipinski definition) is 1. The molecule has 5 rings (SSSR count). The molecule has 0 bridgehead atoms. The number of rotatable bonds is 6. The molecule has 0 unspecified atom stereocenters. The number of fused-ring (bicyclic) bond motifs is 1. The zero-order valence-corrected chi connectivity index (χ0v) is 20.3. The molecular formula is C27H23BrNO3P. The van der Waals surface area contributed by atoms with Gasteiger partial charge in [-0.25, -0.2) is 0 Å². The monoisotopic (exact) mass is 519 g/mol. The first-order valence-electron chi connectivity index (χ1n) is 10.7. The number of carbonyl (C=O) groups is 1. The van der Waals surface area contributed by atoms with E-state index in [0.29, 0.717) is 17.2 Å². The topological polar surface area (TPSA) is 47.6 Å². The Hall–Kier alpha value is -3.14. The molecule has 0 spiro atoms. The fraction of sp³-hybridized carbons (Fsp3) is 0.0741. The first-order valence-corrected chi connectivity index (χ1v) is 15.1. The molecule has 4 aromatic carbocycles. The molecule has 1 N–H and O–H groups in total. The number of hydrogen-bond acceptors (Lipinski definition) is 3. The maximum atomic E-state index is 13.7. The summed E-state index contributed by atoms with van der Waals surface area (Å²) in [6, 6.07) is 36.3. The van der Waals surface area contributed by atoms with Crippen molar-refractivity contribution in [2.75, 3.05) is 18.3 Å². The molecule has 0 radical (unpaired) electrons. The second-order valence-electron chi connectivity index (χ2n) is 7.96. The van der Waals surface area contributed by atoms with Crippen LogP contribution in [0.25, 0.3) is 0 Å². The van der Waals surface area contributed by atoms with Crippen LogP contribution in [0.5, 0.6) is 11.5 Å². The normalized spacial score (nSPS) is 13.7. The zero-order valence-electron chi connectivity index (χ0n) is 17.9. The minimum absolute atomic E-state index is 0.0834. The molecular weight excluding hydrogens is 497 g/mol. The van der Waals surface area contributed by atoms with E-state index in [2.05, 4.69) is 57.2 Å². The van der Waals surface area contributed by atoms with E-state index in [1.807, 2.05) is 66.7 Å². The van der Waals surface area contributed by atoms with Gasteiger partial charge in [-0.3, -0.25) is 0 Å². The zero-order chi connectivity index (χ0) is 22.8. The predicted molar refractivity (Wildman–Crippen MR) is 140 cm³/mol. The third-order valence-electron chi connectivity index (χ3n) is 5.98. The van der Waals surface area contributed by atoms with Crippen molar-refractivity contribution in [1.29, 1.82) is 0 Å². The van der Waals surface area contributed by atoms with Crippen molar-refractivity contribution < 1.29 is 14.3 Å². The Balaban J connectivity index is 1.63. The number of halogens is 1. The van der Waals surface area contributed by atoms with Crippen LogP contribution >= 0.6 is 20.8 Å². The Labute approximate surface area is 201 Å². The van der Waals surface area contributed by atoms with Crippen LogP contribution in [0.2, 0.25) is 0 Å². The van der Waals surface area contributed by atoms with Gasteiger partial charge in [-0.1, -0.05) is 0 Å². The molecule has 0 fully saturated rings. The molecule has 0 saturated heterocycles. The molecule has 1 aliphatic rings. The fourth-order valence-electron chi connectivity index (χ4n) is 4.38. The van der Waals surface area contributed by atoms with Crippen LogP contribution in [0.15, 0.2) is 109 Å². The van der Waals surface area contributed by atoms with E-state index in [9.17, 15) is 4.79 Å². The fourth-order valence-corrected chi connectivity index (χ4v) is 11.6. The van der Waals surface area contributed by atoms with Gasteiger partial charge in [-0.2, -0.15) is 0 Å². The number of ether oxygens (including phenoxy) is 2. The van der Waals surface area contributed by atoms with Crippen molar-refractivity contribution in [1.82, 2.24) is 0 Å². The van der Waals surface area contributed by atoms with Crippen LogP contribution in [0, 0.1) is 0 Å². The molecule has 166 valence electrons. The molecule has 4 aromatic rings. The summed E-state index contributed by atoms with van der Waals surface area (Å²) in [4.78, 5) is 13.7. The molecule has 0 aromatic heterocycles. The Bertz CT molecular complexity index is 1180. The van der Waals surface area contributed by atoms with E-state index >= 15 is 0 Å². The van der Waals surface area contributed by atoms with Gasteiger partial charge in [-0.15, -0.1) is 0 Å². The van der Waals surface area contributed by atoms with Crippen LogP contribution in [-0.4, -0.2) is 18.9 Å². The van der Waals surface area contributed by atoms with Crippen molar-refractivity contribution in [3.05, 3.63) is 109 Å².